The van der Waals surface area contributed by atoms with Crippen molar-refractivity contribution in [2.75, 3.05) is 0 Å². The molecule has 0 aliphatic heterocycles. The SMILES string of the molecule is CCC(C)[C@H](N)C(=O)NC(C)c1ccc(Cl)cc1. The van der Waals surface area contributed by atoms with Crippen LogP contribution in [0.4, 0.5) is 0 Å². The maximum atomic E-state index is 11.9. The first-order valence-electron chi connectivity index (χ1n) is 6.27. The first-order valence-corrected chi connectivity index (χ1v) is 6.65. The van der Waals surface area contributed by atoms with Crippen LogP contribution in [0.25, 0.3) is 0 Å². The number of carbonyl (C=O) groups is 1. The highest BCUT2D eigenvalue weighted by molar-refractivity contribution is 6.30. The highest BCUT2D eigenvalue weighted by atomic mass is 35.5. The van der Waals surface area contributed by atoms with E-state index >= 15 is 0 Å². The van der Waals surface area contributed by atoms with E-state index in [0.29, 0.717) is 5.02 Å². The van der Waals surface area contributed by atoms with Crippen molar-refractivity contribution in [2.24, 2.45) is 11.7 Å². The topological polar surface area (TPSA) is 55.1 Å². The zero-order chi connectivity index (χ0) is 13.7. The van der Waals surface area contributed by atoms with Crippen molar-refractivity contribution in [1.82, 2.24) is 5.32 Å². The summed E-state index contributed by atoms with van der Waals surface area (Å²) < 4.78 is 0. The van der Waals surface area contributed by atoms with E-state index in [9.17, 15) is 4.79 Å². The second-order valence-electron chi connectivity index (χ2n) is 4.69. The minimum absolute atomic E-state index is 0.0649. The van der Waals surface area contributed by atoms with Gasteiger partial charge < -0.3 is 11.1 Å². The van der Waals surface area contributed by atoms with Crippen LogP contribution in [0.3, 0.4) is 0 Å². The molecule has 3 N–H and O–H groups in total. The number of carbonyl (C=O) groups excluding carboxylic acids is 1. The van der Waals surface area contributed by atoms with Crippen LogP contribution >= 0.6 is 11.6 Å². The Balaban J connectivity index is 2.61. The number of nitrogens with two attached hydrogens (primary N) is 1. The number of nitrogens with one attached hydrogen (secondary N) is 1. The number of halogens is 1. The van der Waals surface area contributed by atoms with Crippen molar-refractivity contribution >= 4 is 17.5 Å². The molecule has 1 rings (SSSR count). The normalized spacial score (nSPS) is 15.8. The molecule has 0 bridgehead atoms. The largest absolute Gasteiger partial charge is 0.348 e. The Morgan fingerprint density at radius 3 is 2.39 bits per heavy atom. The molecule has 1 aromatic carbocycles. The van der Waals surface area contributed by atoms with Crippen LogP contribution in [0.1, 0.15) is 38.8 Å². The lowest BCUT2D eigenvalue weighted by atomic mass is 9.98. The summed E-state index contributed by atoms with van der Waals surface area (Å²) in [5, 5.41) is 3.61. The van der Waals surface area contributed by atoms with Gasteiger partial charge in [-0.15, -0.1) is 0 Å². The van der Waals surface area contributed by atoms with Gasteiger partial charge in [-0.05, 0) is 30.5 Å². The maximum Gasteiger partial charge on any atom is 0.237 e. The van der Waals surface area contributed by atoms with Crippen molar-refractivity contribution in [3.8, 4) is 0 Å². The molecule has 0 saturated carbocycles. The monoisotopic (exact) mass is 268 g/mol. The highest BCUT2D eigenvalue weighted by Gasteiger charge is 2.21. The van der Waals surface area contributed by atoms with Crippen molar-refractivity contribution in [2.45, 2.75) is 39.3 Å². The van der Waals surface area contributed by atoms with Gasteiger partial charge in [-0.3, -0.25) is 4.79 Å². The van der Waals surface area contributed by atoms with E-state index in [0.717, 1.165) is 12.0 Å². The van der Waals surface area contributed by atoms with Gasteiger partial charge in [0.05, 0.1) is 12.1 Å². The van der Waals surface area contributed by atoms with E-state index < -0.39 is 6.04 Å². The summed E-state index contributed by atoms with van der Waals surface area (Å²) in [6.07, 6.45) is 0.893. The Morgan fingerprint density at radius 2 is 1.89 bits per heavy atom. The molecule has 4 heteroatoms. The number of hydrogen-bond acceptors (Lipinski definition) is 2. The smallest absolute Gasteiger partial charge is 0.237 e. The molecule has 2 unspecified atom stereocenters. The Morgan fingerprint density at radius 1 is 1.33 bits per heavy atom. The van der Waals surface area contributed by atoms with E-state index in [1.54, 1.807) is 0 Å². The second kappa shape index (κ2) is 6.76. The zero-order valence-corrected chi connectivity index (χ0v) is 11.9. The van der Waals surface area contributed by atoms with Gasteiger partial charge in [0.1, 0.15) is 0 Å². The Bertz CT molecular complexity index is 391. The summed E-state index contributed by atoms with van der Waals surface area (Å²) >= 11 is 5.83. The molecule has 3 nitrogen and oxygen atoms in total. The van der Waals surface area contributed by atoms with Gasteiger partial charge in [0.15, 0.2) is 0 Å². The van der Waals surface area contributed by atoms with E-state index in [4.69, 9.17) is 17.3 Å². The average molecular weight is 269 g/mol. The quantitative estimate of drug-likeness (QED) is 0.863. The lowest BCUT2D eigenvalue weighted by Gasteiger charge is -2.21. The number of hydrogen-bond donors (Lipinski definition) is 2. The van der Waals surface area contributed by atoms with Crippen LogP contribution in [0.2, 0.25) is 5.02 Å². The molecule has 0 fully saturated rings. The van der Waals surface area contributed by atoms with Crippen LogP contribution in [0.15, 0.2) is 24.3 Å². The molecular formula is C14H21ClN2O. The molecule has 18 heavy (non-hydrogen) atoms. The maximum absolute atomic E-state index is 11.9. The Hall–Kier alpha value is -1.06. The standard InChI is InChI=1S/C14H21ClN2O/c1-4-9(2)13(16)14(18)17-10(3)11-5-7-12(15)8-6-11/h5-10,13H,4,16H2,1-3H3,(H,17,18)/t9?,10?,13-/m0/s1. The molecule has 0 aliphatic rings. The first-order chi connectivity index (χ1) is 8.45. The number of amides is 1. The van der Waals surface area contributed by atoms with Crippen molar-refractivity contribution in [3.05, 3.63) is 34.9 Å². The third-order valence-electron chi connectivity index (χ3n) is 3.29. The van der Waals surface area contributed by atoms with Crippen molar-refractivity contribution in [3.63, 3.8) is 0 Å². The molecule has 0 saturated heterocycles. The van der Waals surface area contributed by atoms with Crippen LogP contribution in [0, 0.1) is 5.92 Å². The summed E-state index contributed by atoms with van der Waals surface area (Å²) in [7, 11) is 0. The lowest BCUT2D eigenvalue weighted by molar-refractivity contribution is -0.124. The van der Waals surface area contributed by atoms with Crippen molar-refractivity contribution < 1.29 is 4.79 Å². The van der Waals surface area contributed by atoms with Crippen LogP contribution in [-0.2, 0) is 4.79 Å². The van der Waals surface area contributed by atoms with E-state index in [2.05, 4.69) is 5.32 Å². The third-order valence-corrected chi connectivity index (χ3v) is 3.54. The van der Waals surface area contributed by atoms with Gasteiger partial charge in [-0.1, -0.05) is 44.0 Å². The minimum Gasteiger partial charge on any atom is -0.348 e. The van der Waals surface area contributed by atoms with Gasteiger partial charge in [-0.25, -0.2) is 0 Å². The van der Waals surface area contributed by atoms with Crippen LogP contribution in [0.5, 0.6) is 0 Å². The van der Waals surface area contributed by atoms with E-state index in [1.165, 1.54) is 0 Å². The van der Waals surface area contributed by atoms with Crippen LogP contribution < -0.4 is 11.1 Å². The van der Waals surface area contributed by atoms with E-state index in [-0.39, 0.29) is 17.9 Å². The summed E-state index contributed by atoms with van der Waals surface area (Å²) in [4.78, 5) is 11.9. The Labute approximate surface area is 114 Å². The molecule has 0 radical (unpaired) electrons. The highest BCUT2D eigenvalue weighted by Crippen LogP contribution is 2.16. The number of benzene rings is 1. The summed E-state index contributed by atoms with van der Waals surface area (Å²) in [5.74, 6) is 0.0780. The summed E-state index contributed by atoms with van der Waals surface area (Å²) in [6, 6.07) is 6.92. The van der Waals surface area contributed by atoms with Crippen LogP contribution in [-0.4, -0.2) is 11.9 Å². The first kappa shape index (κ1) is 15.0. The minimum atomic E-state index is -0.454. The summed E-state index contributed by atoms with van der Waals surface area (Å²) in [5.41, 5.74) is 6.91. The predicted molar refractivity (Wildman–Crippen MR) is 75.4 cm³/mol. The molecule has 0 aliphatic carbocycles. The molecule has 0 aromatic heterocycles. The molecule has 1 aromatic rings. The molecular weight excluding hydrogens is 248 g/mol. The lowest BCUT2D eigenvalue weighted by Crippen LogP contribution is -2.45. The fraction of sp³-hybridized carbons (Fsp3) is 0.500. The molecule has 0 spiro atoms. The van der Waals surface area contributed by atoms with Gasteiger partial charge in [0, 0.05) is 5.02 Å². The van der Waals surface area contributed by atoms with E-state index in [1.807, 2.05) is 45.0 Å². The van der Waals surface area contributed by atoms with Gasteiger partial charge >= 0.3 is 0 Å². The molecule has 3 atom stereocenters. The van der Waals surface area contributed by atoms with Gasteiger partial charge in [0.2, 0.25) is 5.91 Å². The van der Waals surface area contributed by atoms with Gasteiger partial charge in [0.25, 0.3) is 0 Å². The fourth-order valence-corrected chi connectivity index (χ4v) is 1.78. The summed E-state index contributed by atoms with van der Waals surface area (Å²) in [6.45, 7) is 5.95. The number of rotatable bonds is 5. The molecule has 100 valence electrons. The van der Waals surface area contributed by atoms with Crippen molar-refractivity contribution in [1.29, 1.82) is 0 Å². The second-order valence-corrected chi connectivity index (χ2v) is 5.13. The van der Waals surface area contributed by atoms with Gasteiger partial charge in [-0.2, -0.15) is 0 Å². The average Bonchev–Trinajstić information content (AvgIpc) is 2.37. The predicted octanol–water partition coefficient (Wildman–Crippen LogP) is 2.89. The third kappa shape index (κ3) is 4.00. The molecule has 1 amide bonds. The molecule has 0 heterocycles. The fourth-order valence-electron chi connectivity index (χ4n) is 1.66. The Kier molecular flexibility index (Phi) is 5.63. The zero-order valence-electron chi connectivity index (χ0n) is 11.1.